The average Bonchev–Trinajstić information content (AvgIpc) is 2.21. The van der Waals surface area contributed by atoms with E-state index in [9.17, 15) is 10.2 Å². The number of hydrogen-bond donors (Lipinski definition) is 3. The summed E-state index contributed by atoms with van der Waals surface area (Å²) in [6.45, 7) is 6.91. The van der Waals surface area contributed by atoms with Crippen LogP contribution in [0.15, 0.2) is 18.2 Å². The summed E-state index contributed by atoms with van der Waals surface area (Å²) in [5.74, 6) is 0.215. The highest BCUT2D eigenvalue weighted by atomic mass is 35.5. The Labute approximate surface area is 107 Å². The number of aliphatic hydroxyl groups is 1. The van der Waals surface area contributed by atoms with Crippen molar-refractivity contribution in [1.82, 2.24) is 5.32 Å². The Kier molecular flexibility index (Phi) is 4.80. The van der Waals surface area contributed by atoms with E-state index in [0.29, 0.717) is 18.1 Å². The summed E-state index contributed by atoms with van der Waals surface area (Å²) in [6.07, 6.45) is -0.427. The normalized spacial score (nSPS) is 13.7. The lowest BCUT2D eigenvalue weighted by molar-refractivity contribution is 0.0627. The molecule has 0 radical (unpaired) electrons. The highest BCUT2D eigenvalue weighted by Crippen LogP contribution is 2.22. The molecule has 0 saturated carbocycles. The highest BCUT2D eigenvalue weighted by Gasteiger charge is 2.21. The molecular weight excluding hydrogens is 238 g/mol. The molecule has 1 rings (SSSR count). The Morgan fingerprint density at radius 3 is 2.59 bits per heavy atom. The fraction of sp³-hybridized carbons (Fsp3) is 0.538. The lowest BCUT2D eigenvalue weighted by atomic mass is 9.89. The molecule has 96 valence electrons. The third-order valence-corrected chi connectivity index (χ3v) is 2.93. The van der Waals surface area contributed by atoms with E-state index in [1.807, 2.05) is 20.8 Å². The van der Waals surface area contributed by atoms with Crippen LogP contribution >= 0.6 is 11.6 Å². The van der Waals surface area contributed by atoms with Gasteiger partial charge in [-0.15, -0.1) is 0 Å². The Balaban J connectivity index is 2.49. The number of phenols is 1. The summed E-state index contributed by atoms with van der Waals surface area (Å²) >= 11 is 5.84. The fourth-order valence-electron chi connectivity index (χ4n) is 1.35. The molecule has 0 fully saturated rings. The largest absolute Gasteiger partial charge is 0.508 e. The van der Waals surface area contributed by atoms with Crippen LogP contribution in [0, 0.1) is 5.41 Å². The molecule has 3 nitrogen and oxygen atoms in total. The van der Waals surface area contributed by atoms with Gasteiger partial charge in [-0.3, -0.25) is 0 Å². The molecule has 1 atom stereocenters. The third kappa shape index (κ3) is 4.54. The standard InChI is InChI=1S/C13H20ClNO2/c1-13(2,3)12(17)8-15-7-9-6-10(14)4-5-11(9)16/h4-6,12,15-17H,7-8H2,1-3H3. The minimum atomic E-state index is -0.427. The van der Waals surface area contributed by atoms with Crippen molar-refractivity contribution in [2.45, 2.75) is 33.4 Å². The van der Waals surface area contributed by atoms with Gasteiger partial charge in [0.25, 0.3) is 0 Å². The number of rotatable bonds is 4. The van der Waals surface area contributed by atoms with E-state index < -0.39 is 6.10 Å². The SMILES string of the molecule is CC(C)(C)C(O)CNCc1cc(Cl)ccc1O. The molecule has 17 heavy (non-hydrogen) atoms. The number of phenolic OH excluding ortho intramolecular Hbond substituents is 1. The third-order valence-electron chi connectivity index (χ3n) is 2.69. The number of halogens is 1. The Hall–Kier alpha value is -0.770. The van der Waals surface area contributed by atoms with Gasteiger partial charge in [0.1, 0.15) is 5.75 Å². The Bertz CT molecular complexity index is 374. The number of nitrogens with one attached hydrogen (secondary N) is 1. The first-order valence-corrected chi connectivity index (χ1v) is 6.04. The number of aromatic hydroxyl groups is 1. The molecule has 3 N–H and O–H groups in total. The van der Waals surface area contributed by atoms with Gasteiger partial charge in [0, 0.05) is 23.7 Å². The van der Waals surface area contributed by atoms with E-state index in [1.54, 1.807) is 18.2 Å². The monoisotopic (exact) mass is 257 g/mol. The summed E-state index contributed by atoms with van der Waals surface area (Å²) in [5, 5.41) is 23.1. The molecule has 0 aliphatic rings. The second-order valence-electron chi connectivity index (χ2n) is 5.29. The smallest absolute Gasteiger partial charge is 0.120 e. The van der Waals surface area contributed by atoms with Crippen molar-refractivity contribution in [3.05, 3.63) is 28.8 Å². The van der Waals surface area contributed by atoms with Gasteiger partial charge in [-0.1, -0.05) is 32.4 Å². The van der Waals surface area contributed by atoms with Crippen LogP contribution in [0.3, 0.4) is 0 Å². The van der Waals surface area contributed by atoms with Crippen LogP contribution < -0.4 is 5.32 Å². The van der Waals surface area contributed by atoms with E-state index in [-0.39, 0.29) is 11.2 Å². The van der Waals surface area contributed by atoms with Crippen LogP contribution in [-0.2, 0) is 6.54 Å². The molecule has 0 bridgehead atoms. The van der Waals surface area contributed by atoms with Crippen molar-refractivity contribution in [3.63, 3.8) is 0 Å². The quantitative estimate of drug-likeness (QED) is 0.777. The topological polar surface area (TPSA) is 52.5 Å². The Morgan fingerprint density at radius 1 is 1.35 bits per heavy atom. The minimum absolute atomic E-state index is 0.149. The first-order chi connectivity index (χ1) is 7.80. The van der Waals surface area contributed by atoms with Gasteiger partial charge in [-0.25, -0.2) is 0 Å². The maximum Gasteiger partial charge on any atom is 0.120 e. The molecule has 0 aliphatic carbocycles. The fourth-order valence-corrected chi connectivity index (χ4v) is 1.54. The van der Waals surface area contributed by atoms with E-state index in [2.05, 4.69) is 5.32 Å². The van der Waals surface area contributed by atoms with Crippen molar-refractivity contribution in [2.75, 3.05) is 6.54 Å². The van der Waals surface area contributed by atoms with Crippen LogP contribution in [0.1, 0.15) is 26.3 Å². The van der Waals surface area contributed by atoms with E-state index in [4.69, 9.17) is 11.6 Å². The van der Waals surface area contributed by atoms with Gasteiger partial charge in [-0.2, -0.15) is 0 Å². The van der Waals surface area contributed by atoms with Crippen molar-refractivity contribution in [2.24, 2.45) is 5.41 Å². The number of aliphatic hydroxyl groups excluding tert-OH is 1. The summed E-state index contributed by atoms with van der Waals surface area (Å²) in [5.41, 5.74) is 0.585. The predicted octanol–water partition coefficient (Wildman–Crippen LogP) is 2.54. The first kappa shape index (κ1) is 14.3. The average molecular weight is 258 g/mol. The molecule has 0 aromatic heterocycles. The molecular formula is C13H20ClNO2. The molecule has 0 heterocycles. The molecule has 0 amide bonds. The molecule has 0 aliphatic heterocycles. The number of benzene rings is 1. The van der Waals surface area contributed by atoms with Gasteiger partial charge in [0.2, 0.25) is 0 Å². The highest BCUT2D eigenvalue weighted by molar-refractivity contribution is 6.30. The van der Waals surface area contributed by atoms with Crippen molar-refractivity contribution >= 4 is 11.6 Å². The van der Waals surface area contributed by atoms with Gasteiger partial charge in [0.05, 0.1) is 6.10 Å². The van der Waals surface area contributed by atoms with Gasteiger partial charge in [-0.05, 0) is 23.6 Å². The molecule has 1 aromatic carbocycles. The summed E-state index contributed by atoms with van der Waals surface area (Å²) in [7, 11) is 0. The van der Waals surface area contributed by atoms with E-state index >= 15 is 0 Å². The second kappa shape index (κ2) is 5.71. The molecule has 4 heteroatoms. The zero-order valence-electron chi connectivity index (χ0n) is 10.5. The van der Waals surface area contributed by atoms with E-state index in [0.717, 1.165) is 5.56 Å². The van der Waals surface area contributed by atoms with Crippen molar-refractivity contribution < 1.29 is 10.2 Å². The lowest BCUT2D eigenvalue weighted by Gasteiger charge is -2.26. The summed E-state index contributed by atoms with van der Waals surface area (Å²) in [4.78, 5) is 0. The summed E-state index contributed by atoms with van der Waals surface area (Å²) in [6, 6.07) is 4.93. The van der Waals surface area contributed by atoms with Crippen LogP contribution in [0.4, 0.5) is 0 Å². The van der Waals surface area contributed by atoms with E-state index in [1.165, 1.54) is 0 Å². The first-order valence-electron chi connectivity index (χ1n) is 5.67. The molecule has 0 spiro atoms. The zero-order valence-corrected chi connectivity index (χ0v) is 11.3. The predicted molar refractivity (Wildman–Crippen MR) is 70.3 cm³/mol. The van der Waals surface area contributed by atoms with Gasteiger partial charge in [0.15, 0.2) is 0 Å². The molecule has 0 saturated heterocycles. The van der Waals surface area contributed by atoms with Crippen LogP contribution in [-0.4, -0.2) is 22.9 Å². The van der Waals surface area contributed by atoms with Crippen LogP contribution in [0.25, 0.3) is 0 Å². The van der Waals surface area contributed by atoms with Gasteiger partial charge < -0.3 is 15.5 Å². The maximum absolute atomic E-state index is 9.84. The second-order valence-corrected chi connectivity index (χ2v) is 5.72. The lowest BCUT2D eigenvalue weighted by Crippen LogP contribution is -2.36. The van der Waals surface area contributed by atoms with Crippen molar-refractivity contribution in [3.8, 4) is 5.75 Å². The Morgan fingerprint density at radius 2 is 2.00 bits per heavy atom. The maximum atomic E-state index is 9.84. The summed E-state index contributed by atoms with van der Waals surface area (Å²) < 4.78 is 0. The molecule has 1 aromatic rings. The van der Waals surface area contributed by atoms with Crippen molar-refractivity contribution in [1.29, 1.82) is 0 Å². The van der Waals surface area contributed by atoms with Crippen LogP contribution in [0.5, 0.6) is 5.75 Å². The zero-order chi connectivity index (χ0) is 13.1. The molecule has 1 unspecified atom stereocenters. The number of hydrogen-bond acceptors (Lipinski definition) is 3. The minimum Gasteiger partial charge on any atom is -0.508 e. The van der Waals surface area contributed by atoms with Crippen LogP contribution in [0.2, 0.25) is 5.02 Å². The van der Waals surface area contributed by atoms with Gasteiger partial charge >= 0.3 is 0 Å².